The van der Waals surface area contributed by atoms with Crippen LogP contribution in [0.4, 0.5) is 0 Å². The Labute approximate surface area is 107 Å². The zero-order valence-electron chi connectivity index (χ0n) is 10.3. The van der Waals surface area contributed by atoms with Gasteiger partial charge in [-0.1, -0.05) is 24.3 Å². The van der Waals surface area contributed by atoms with Crippen molar-refractivity contribution in [2.24, 2.45) is 0 Å². The van der Waals surface area contributed by atoms with E-state index in [0.717, 1.165) is 36.0 Å². The van der Waals surface area contributed by atoms with Gasteiger partial charge < -0.3 is 10.4 Å². The standard InChI is InChI=1S/C15H18N2O/c18-15(14-6-3-9-16-14)10-12-8-7-11-4-1-2-5-13(11)17-12/h1-2,4-5,7-8,14-16,18H,3,6,9-10H2. The highest BCUT2D eigenvalue weighted by atomic mass is 16.3. The average Bonchev–Trinajstić information content (AvgIpc) is 2.92. The number of nitrogens with one attached hydrogen (secondary N) is 1. The van der Waals surface area contributed by atoms with Gasteiger partial charge in [0.2, 0.25) is 0 Å². The molecule has 2 N–H and O–H groups in total. The van der Waals surface area contributed by atoms with E-state index in [9.17, 15) is 5.11 Å². The van der Waals surface area contributed by atoms with Crippen LogP contribution in [0.25, 0.3) is 10.9 Å². The van der Waals surface area contributed by atoms with Crippen molar-refractivity contribution in [2.45, 2.75) is 31.4 Å². The van der Waals surface area contributed by atoms with Gasteiger partial charge in [0, 0.05) is 23.5 Å². The zero-order valence-corrected chi connectivity index (χ0v) is 10.3. The number of aromatic nitrogens is 1. The maximum absolute atomic E-state index is 10.2. The van der Waals surface area contributed by atoms with E-state index in [0.29, 0.717) is 6.42 Å². The minimum absolute atomic E-state index is 0.235. The quantitative estimate of drug-likeness (QED) is 0.864. The monoisotopic (exact) mass is 242 g/mol. The molecule has 1 saturated heterocycles. The molecule has 2 heterocycles. The Morgan fingerprint density at radius 3 is 3.00 bits per heavy atom. The number of hydrogen-bond donors (Lipinski definition) is 2. The Bertz CT molecular complexity index is 535. The summed E-state index contributed by atoms with van der Waals surface area (Å²) in [6.45, 7) is 1.02. The molecule has 3 rings (SSSR count). The first-order valence-electron chi connectivity index (χ1n) is 6.59. The maximum atomic E-state index is 10.2. The minimum atomic E-state index is -0.332. The smallest absolute Gasteiger partial charge is 0.0748 e. The molecule has 2 unspecified atom stereocenters. The van der Waals surface area contributed by atoms with Crippen molar-refractivity contribution in [3.8, 4) is 0 Å². The number of para-hydroxylation sites is 1. The van der Waals surface area contributed by atoms with E-state index < -0.39 is 0 Å². The minimum Gasteiger partial charge on any atom is -0.391 e. The first-order chi connectivity index (χ1) is 8.83. The third kappa shape index (κ3) is 2.37. The number of aliphatic hydroxyl groups excluding tert-OH is 1. The average molecular weight is 242 g/mol. The fourth-order valence-electron chi connectivity index (χ4n) is 2.62. The van der Waals surface area contributed by atoms with Crippen LogP contribution in [0.15, 0.2) is 36.4 Å². The van der Waals surface area contributed by atoms with Crippen molar-refractivity contribution in [1.82, 2.24) is 10.3 Å². The van der Waals surface area contributed by atoms with Crippen LogP contribution in [-0.4, -0.2) is 28.8 Å². The van der Waals surface area contributed by atoms with E-state index >= 15 is 0 Å². The molecule has 94 valence electrons. The summed E-state index contributed by atoms with van der Waals surface area (Å²) in [5.41, 5.74) is 1.97. The fraction of sp³-hybridized carbons (Fsp3) is 0.400. The molecule has 1 aliphatic heterocycles. The highest BCUT2D eigenvalue weighted by Crippen LogP contribution is 2.16. The van der Waals surface area contributed by atoms with Crippen LogP contribution < -0.4 is 5.32 Å². The summed E-state index contributed by atoms with van der Waals surface area (Å²) in [6.07, 6.45) is 2.52. The molecule has 1 aromatic carbocycles. The van der Waals surface area contributed by atoms with Gasteiger partial charge >= 0.3 is 0 Å². The summed E-state index contributed by atoms with van der Waals surface area (Å²) < 4.78 is 0. The lowest BCUT2D eigenvalue weighted by Gasteiger charge is -2.17. The Kier molecular flexibility index (Phi) is 3.26. The van der Waals surface area contributed by atoms with E-state index in [2.05, 4.69) is 22.4 Å². The molecule has 0 spiro atoms. The molecule has 1 fully saturated rings. The predicted molar refractivity (Wildman–Crippen MR) is 72.5 cm³/mol. The van der Waals surface area contributed by atoms with Crippen molar-refractivity contribution in [1.29, 1.82) is 0 Å². The summed E-state index contributed by atoms with van der Waals surface area (Å²) in [5, 5.41) is 14.7. The summed E-state index contributed by atoms with van der Waals surface area (Å²) in [6, 6.07) is 12.4. The number of benzene rings is 1. The van der Waals surface area contributed by atoms with E-state index in [1.807, 2.05) is 24.3 Å². The Morgan fingerprint density at radius 1 is 1.28 bits per heavy atom. The van der Waals surface area contributed by atoms with Crippen LogP contribution in [0, 0.1) is 0 Å². The topological polar surface area (TPSA) is 45.2 Å². The van der Waals surface area contributed by atoms with Crippen LogP contribution >= 0.6 is 0 Å². The second-order valence-electron chi connectivity index (χ2n) is 4.97. The van der Waals surface area contributed by atoms with E-state index in [1.54, 1.807) is 0 Å². The summed E-state index contributed by atoms with van der Waals surface area (Å²) in [5.74, 6) is 0. The Hall–Kier alpha value is -1.45. The molecule has 18 heavy (non-hydrogen) atoms. The van der Waals surface area contributed by atoms with Crippen LogP contribution in [-0.2, 0) is 6.42 Å². The van der Waals surface area contributed by atoms with Gasteiger partial charge in [-0.25, -0.2) is 0 Å². The predicted octanol–water partition coefficient (Wildman–Crippen LogP) is 1.89. The molecule has 3 heteroatoms. The first kappa shape index (κ1) is 11.6. The van der Waals surface area contributed by atoms with Gasteiger partial charge in [-0.15, -0.1) is 0 Å². The van der Waals surface area contributed by atoms with Crippen molar-refractivity contribution >= 4 is 10.9 Å². The van der Waals surface area contributed by atoms with Gasteiger partial charge in [-0.3, -0.25) is 4.98 Å². The second-order valence-corrected chi connectivity index (χ2v) is 4.97. The van der Waals surface area contributed by atoms with E-state index in [4.69, 9.17) is 0 Å². The van der Waals surface area contributed by atoms with Crippen molar-refractivity contribution in [3.63, 3.8) is 0 Å². The third-order valence-electron chi connectivity index (χ3n) is 3.64. The third-order valence-corrected chi connectivity index (χ3v) is 3.64. The SMILES string of the molecule is OC(Cc1ccc2ccccc2n1)C1CCCN1. The van der Waals surface area contributed by atoms with E-state index in [1.165, 1.54) is 0 Å². The highest BCUT2D eigenvalue weighted by molar-refractivity contribution is 5.78. The second kappa shape index (κ2) is 5.04. The molecule has 2 aromatic rings. The summed E-state index contributed by atoms with van der Waals surface area (Å²) in [4.78, 5) is 4.60. The van der Waals surface area contributed by atoms with Gasteiger partial charge in [0.15, 0.2) is 0 Å². The van der Waals surface area contributed by atoms with Crippen molar-refractivity contribution in [3.05, 3.63) is 42.1 Å². The van der Waals surface area contributed by atoms with Gasteiger partial charge in [0.05, 0.1) is 11.6 Å². The Balaban J connectivity index is 1.77. The lowest BCUT2D eigenvalue weighted by molar-refractivity contribution is 0.135. The largest absolute Gasteiger partial charge is 0.391 e. The molecule has 0 radical (unpaired) electrons. The van der Waals surface area contributed by atoms with Gasteiger partial charge in [-0.2, -0.15) is 0 Å². The molecular weight excluding hydrogens is 224 g/mol. The van der Waals surface area contributed by atoms with Crippen LogP contribution in [0.2, 0.25) is 0 Å². The fourth-order valence-corrected chi connectivity index (χ4v) is 2.62. The number of nitrogens with zero attached hydrogens (tertiary/aromatic N) is 1. The first-order valence-corrected chi connectivity index (χ1v) is 6.59. The normalized spacial score (nSPS) is 21.3. The molecule has 0 amide bonds. The zero-order chi connectivity index (χ0) is 12.4. The number of fused-ring (bicyclic) bond motifs is 1. The Morgan fingerprint density at radius 2 is 2.17 bits per heavy atom. The summed E-state index contributed by atoms with van der Waals surface area (Å²) in [7, 11) is 0. The number of aliphatic hydroxyl groups is 1. The number of pyridine rings is 1. The van der Waals surface area contributed by atoms with Crippen molar-refractivity contribution in [2.75, 3.05) is 6.54 Å². The molecule has 1 aliphatic rings. The molecule has 1 aromatic heterocycles. The number of rotatable bonds is 3. The lowest BCUT2D eigenvalue weighted by Crippen LogP contribution is -2.36. The lowest BCUT2D eigenvalue weighted by atomic mass is 10.0. The van der Waals surface area contributed by atoms with Crippen LogP contribution in [0.3, 0.4) is 0 Å². The van der Waals surface area contributed by atoms with Gasteiger partial charge in [-0.05, 0) is 31.5 Å². The van der Waals surface area contributed by atoms with Gasteiger partial charge in [0.1, 0.15) is 0 Å². The van der Waals surface area contributed by atoms with E-state index in [-0.39, 0.29) is 12.1 Å². The molecule has 2 atom stereocenters. The van der Waals surface area contributed by atoms with Crippen LogP contribution in [0.1, 0.15) is 18.5 Å². The molecular formula is C15H18N2O. The number of hydrogen-bond acceptors (Lipinski definition) is 3. The highest BCUT2D eigenvalue weighted by Gasteiger charge is 2.22. The molecule has 0 aliphatic carbocycles. The van der Waals surface area contributed by atoms with Crippen LogP contribution in [0.5, 0.6) is 0 Å². The van der Waals surface area contributed by atoms with Gasteiger partial charge in [0.25, 0.3) is 0 Å². The molecule has 0 saturated carbocycles. The van der Waals surface area contributed by atoms with Crippen molar-refractivity contribution < 1.29 is 5.11 Å². The maximum Gasteiger partial charge on any atom is 0.0748 e. The summed E-state index contributed by atoms with van der Waals surface area (Å²) >= 11 is 0. The molecule has 3 nitrogen and oxygen atoms in total. The molecule has 0 bridgehead atoms.